The molecule has 2 amide bonds. The van der Waals surface area contributed by atoms with Crippen molar-refractivity contribution in [1.29, 1.82) is 0 Å². The summed E-state index contributed by atoms with van der Waals surface area (Å²) in [6, 6.07) is 14.8. The van der Waals surface area contributed by atoms with Crippen LogP contribution in [0.2, 0.25) is 5.02 Å². The van der Waals surface area contributed by atoms with Crippen LogP contribution in [0.3, 0.4) is 0 Å². The van der Waals surface area contributed by atoms with E-state index in [1.165, 1.54) is 0 Å². The van der Waals surface area contributed by atoms with Gasteiger partial charge in [0, 0.05) is 5.02 Å². The molecule has 0 aliphatic carbocycles. The average Bonchev–Trinajstić information content (AvgIpc) is 2.85. The zero-order valence-electron chi connectivity index (χ0n) is 11.9. The molecule has 2 aromatic carbocycles. The van der Waals surface area contributed by atoms with Gasteiger partial charge in [0.25, 0.3) is 11.1 Å². The molecule has 0 unspecified atom stereocenters. The lowest BCUT2D eigenvalue weighted by atomic mass is 10.2. The molecule has 2 aromatic rings. The summed E-state index contributed by atoms with van der Waals surface area (Å²) in [4.78, 5) is 23.1. The molecule has 1 aliphatic rings. The van der Waals surface area contributed by atoms with Crippen molar-refractivity contribution in [2.45, 2.75) is 6.61 Å². The smallest absolute Gasteiger partial charge is 0.290 e. The fourth-order valence-corrected chi connectivity index (χ4v) is 2.82. The summed E-state index contributed by atoms with van der Waals surface area (Å²) in [5.74, 6) is 0.316. The molecular formula is C17H12ClNO3S. The Morgan fingerprint density at radius 1 is 1.13 bits per heavy atom. The summed E-state index contributed by atoms with van der Waals surface area (Å²) in [5.41, 5.74) is 1.81. The van der Waals surface area contributed by atoms with Crippen LogP contribution >= 0.6 is 23.4 Å². The third kappa shape index (κ3) is 4.15. The molecule has 1 fully saturated rings. The SMILES string of the molecule is O=C1NC(=O)/C(=C/c2cccc(OCc3ccc(Cl)cc3)c2)S1. The number of benzene rings is 2. The number of carbonyl (C=O) groups excluding carboxylic acids is 2. The van der Waals surface area contributed by atoms with Crippen LogP contribution in [0.1, 0.15) is 11.1 Å². The van der Waals surface area contributed by atoms with Gasteiger partial charge >= 0.3 is 0 Å². The van der Waals surface area contributed by atoms with Crippen LogP contribution in [-0.2, 0) is 11.4 Å². The van der Waals surface area contributed by atoms with Crippen molar-refractivity contribution in [2.24, 2.45) is 0 Å². The van der Waals surface area contributed by atoms with Crippen molar-refractivity contribution in [1.82, 2.24) is 5.32 Å². The monoisotopic (exact) mass is 345 g/mol. The second kappa shape index (κ2) is 6.89. The summed E-state index contributed by atoms with van der Waals surface area (Å²) in [6.45, 7) is 0.422. The maximum Gasteiger partial charge on any atom is 0.290 e. The van der Waals surface area contributed by atoms with Gasteiger partial charge in [0.2, 0.25) is 0 Å². The number of ether oxygens (including phenoxy) is 1. The van der Waals surface area contributed by atoms with Crippen LogP contribution < -0.4 is 10.1 Å². The average molecular weight is 346 g/mol. The molecule has 116 valence electrons. The first-order valence-corrected chi connectivity index (χ1v) is 8.02. The van der Waals surface area contributed by atoms with Crippen LogP contribution in [0, 0.1) is 0 Å². The highest BCUT2D eigenvalue weighted by Crippen LogP contribution is 2.26. The second-order valence-electron chi connectivity index (χ2n) is 4.84. The Labute approximate surface area is 142 Å². The first-order chi connectivity index (χ1) is 11.1. The van der Waals surface area contributed by atoms with Crippen molar-refractivity contribution in [3.8, 4) is 5.75 Å². The number of hydrogen-bond acceptors (Lipinski definition) is 4. The molecule has 0 saturated carbocycles. The molecule has 1 heterocycles. The fraction of sp³-hybridized carbons (Fsp3) is 0.0588. The van der Waals surface area contributed by atoms with Gasteiger partial charge < -0.3 is 4.74 Å². The number of halogens is 1. The molecule has 0 atom stereocenters. The van der Waals surface area contributed by atoms with Gasteiger partial charge in [-0.15, -0.1) is 0 Å². The highest BCUT2D eigenvalue weighted by Gasteiger charge is 2.24. The lowest BCUT2D eigenvalue weighted by molar-refractivity contribution is -0.115. The highest BCUT2D eigenvalue weighted by molar-refractivity contribution is 8.18. The molecule has 0 radical (unpaired) electrons. The molecule has 0 aromatic heterocycles. The van der Waals surface area contributed by atoms with E-state index < -0.39 is 0 Å². The van der Waals surface area contributed by atoms with Gasteiger partial charge in [0.1, 0.15) is 12.4 Å². The van der Waals surface area contributed by atoms with E-state index >= 15 is 0 Å². The van der Waals surface area contributed by atoms with Crippen molar-refractivity contribution < 1.29 is 14.3 Å². The van der Waals surface area contributed by atoms with E-state index in [1.807, 2.05) is 48.5 Å². The molecule has 3 rings (SSSR count). The van der Waals surface area contributed by atoms with E-state index in [9.17, 15) is 9.59 Å². The van der Waals surface area contributed by atoms with Crippen molar-refractivity contribution in [2.75, 3.05) is 0 Å². The van der Waals surface area contributed by atoms with E-state index in [-0.39, 0.29) is 11.1 Å². The Balaban J connectivity index is 1.70. The minimum Gasteiger partial charge on any atom is -0.489 e. The number of carbonyl (C=O) groups is 2. The normalized spacial score (nSPS) is 15.8. The van der Waals surface area contributed by atoms with Gasteiger partial charge in [-0.25, -0.2) is 0 Å². The minimum atomic E-state index is -0.368. The lowest BCUT2D eigenvalue weighted by Crippen LogP contribution is -2.17. The number of thioether (sulfide) groups is 1. The lowest BCUT2D eigenvalue weighted by Gasteiger charge is -2.07. The number of hydrogen-bond donors (Lipinski definition) is 1. The van der Waals surface area contributed by atoms with E-state index in [0.29, 0.717) is 22.3 Å². The number of amides is 2. The van der Waals surface area contributed by atoms with Crippen LogP contribution in [0.15, 0.2) is 53.4 Å². The van der Waals surface area contributed by atoms with E-state index in [0.717, 1.165) is 22.9 Å². The molecule has 0 bridgehead atoms. The Bertz CT molecular complexity index is 787. The third-order valence-electron chi connectivity index (χ3n) is 3.12. The number of imide groups is 1. The second-order valence-corrected chi connectivity index (χ2v) is 6.29. The molecule has 6 heteroatoms. The van der Waals surface area contributed by atoms with Gasteiger partial charge in [-0.05, 0) is 53.2 Å². The molecule has 23 heavy (non-hydrogen) atoms. The van der Waals surface area contributed by atoms with Crippen LogP contribution in [0.25, 0.3) is 6.08 Å². The summed E-state index contributed by atoms with van der Waals surface area (Å²) >= 11 is 6.74. The highest BCUT2D eigenvalue weighted by atomic mass is 35.5. The number of rotatable bonds is 4. The van der Waals surface area contributed by atoms with Gasteiger partial charge in [-0.3, -0.25) is 14.9 Å². The van der Waals surface area contributed by atoms with Crippen LogP contribution in [0.4, 0.5) is 4.79 Å². The maximum atomic E-state index is 11.5. The molecule has 1 aliphatic heterocycles. The minimum absolute atomic E-state index is 0.351. The predicted molar refractivity (Wildman–Crippen MR) is 91.3 cm³/mol. The summed E-state index contributed by atoms with van der Waals surface area (Å²) in [7, 11) is 0. The summed E-state index contributed by atoms with van der Waals surface area (Å²) < 4.78 is 5.74. The largest absolute Gasteiger partial charge is 0.489 e. The summed E-state index contributed by atoms with van der Waals surface area (Å²) in [6.07, 6.45) is 1.67. The van der Waals surface area contributed by atoms with Gasteiger partial charge in [-0.2, -0.15) is 0 Å². The molecule has 0 spiro atoms. The maximum absolute atomic E-state index is 11.5. The van der Waals surface area contributed by atoms with Crippen molar-refractivity contribution >= 4 is 40.6 Å². The van der Waals surface area contributed by atoms with Gasteiger partial charge in [0.05, 0.1) is 4.91 Å². The first kappa shape index (κ1) is 15.6. The molecule has 1 saturated heterocycles. The Morgan fingerprint density at radius 2 is 1.91 bits per heavy atom. The Kier molecular flexibility index (Phi) is 4.69. The predicted octanol–water partition coefficient (Wildman–Crippen LogP) is 4.24. The summed E-state index contributed by atoms with van der Waals surface area (Å²) in [5, 5.41) is 2.56. The Hall–Kier alpha value is -2.24. The fourth-order valence-electron chi connectivity index (χ4n) is 2.01. The van der Waals surface area contributed by atoms with Crippen molar-refractivity contribution in [3.63, 3.8) is 0 Å². The number of nitrogens with one attached hydrogen (secondary N) is 1. The van der Waals surface area contributed by atoms with Crippen LogP contribution in [-0.4, -0.2) is 11.1 Å². The first-order valence-electron chi connectivity index (χ1n) is 6.82. The third-order valence-corrected chi connectivity index (χ3v) is 4.18. The van der Waals surface area contributed by atoms with E-state index in [1.54, 1.807) is 6.08 Å². The zero-order chi connectivity index (χ0) is 16.2. The standard InChI is InChI=1S/C17H12ClNO3S/c18-13-6-4-11(5-7-13)10-22-14-3-1-2-12(8-14)9-15-16(20)19-17(21)23-15/h1-9H,10H2,(H,19,20,21)/b15-9-. The molecule has 4 nitrogen and oxygen atoms in total. The van der Waals surface area contributed by atoms with E-state index in [2.05, 4.69) is 5.32 Å². The van der Waals surface area contributed by atoms with Crippen LogP contribution in [0.5, 0.6) is 5.75 Å². The van der Waals surface area contributed by atoms with Gasteiger partial charge in [0.15, 0.2) is 0 Å². The van der Waals surface area contributed by atoms with Gasteiger partial charge in [-0.1, -0.05) is 35.9 Å². The quantitative estimate of drug-likeness (QED) is 0.842. The van der Waals surface area contributed by atoms with E-state index in [4.69, 9.17) is 16.3 Å². The Morgan fingerprint density at radius 3 is 2.61 bits per heavy atom. The molecular weight excluding hydrogens is 334 g/mol. The molecule has 1 N–H and O–H groups in total. The topological polar surface area (TPSA) is 55.4 Å². The van der Waals surface area contributed by atoms with Crippen molar-refractivity contribution in [3.05, 3.63) is 69.6 Å². The zero-order valence-corrected chi connectivity index (χ0v) is 13.5.